The Morgan fingerprint density at radius 3 is 3.17 bits per heavy atom. The van der Waals surface area contributed by atoms with Gasteiger partial charge in [0.2, 0.25) is 0 Å². The second-order valence-electron chi connectivity index (χ2n) is 2.41. The maximum absolute atomic E-state index is 8.71. The number of pyridine rings is 1. The lowest BCUT2D eigenvalue weighted by Gasteiger charge is -1.93. The smallest absolute Gasteiger partial charge is 0.170 e. The van der Waals surface area contributed by atoms with Crippen molar-refractivity contribution in [3.05, 3.63) is 22.8 Å². The van der Waals surface area contributed by atoms with Crippen molar-refractivity contribution in [1.29, 1.82) is 5.26 Å². The molecule has 0 spiro atoms. The summed E-state index contributed by atoms with van der Waals surface area (Å²) >= 11 is 1.50. The topological polar surface area (TPSA) is 49.6 Å². The summed E-state index contributed by atoms with van der Waals surface area (Å²) in [6, 6.07) is 3.92. The Balaban J connectivity index is 2.84. The minimum absolute atomic E-state index is 0.631. The van der Waals surface area contributed by atoms with Gasteiger partial charge in [0.1, 0.15) is 6.07 Å². The zero-order chi connectivity index (χ0) is 8.55. The molecule has 0 radical (unpaired) electrons. The summed E-state index contributed by atoms with van der Waals surface area (Å²) in [4.78, 5) is 8.24. The zero-order valence-electron chi connectivity index (χ0n) is 6.40. The zero-order valence-corrected chi connectivity index (χ0v) is 7.22. The predicted molar refractivity (Wildman–Crippen MR) is 46.9 cm³/mol. The summed E-state index contributed by atoms with van der Waals surface area (Å²) in [5.74, 6) is 0. The van der Waals surface area contributed by atoms with E-state index in [1.54, 1.807) is 5.51 Å². The van der Waals surface area contributed by atoms with E-state index in [4.69, 9.17) is 5.26 Å². The Hall–Kier alpha value is -1.47. The third kappa shape index (κ3) is 0.953. The van der Waals surface area contributed by atoms with Crippen LogP contribution in [0.3, 0.4) is 0 Å². The number of hydrogen-bond acceptors (Lipinski definition) is 4. The van der Waals surface area contributed by atoms with Crippen molar-refractivity contribution in [3.63, 3.8) is 0 Å². The molecule has 0 saturated heterocycles. The quantitative estimate of drug-likeness (QED) is 0.614. The first kappa shape index (κ1) is 7.19. The summed E-state index contributed by atoms with van der Waals surface area (Å²) in [5, 5.41) is 8.71. The van der Waals surface area contributed by atoms with Crippen molar-refractivity contribution in [2.75, 3.05) is 0 Å². The average molecular weight is 175 g/mol. The van der Waals surface area contributed by atoms with Crippen molar-refractivity contribution in [1.82, 2.24) is 9.97 Å². The molecule has 2 heterocycles. The summed E-state index contributed by atoms with van der Waals surface area (Å²) < 4.78 is 0.970. The SMILES string of the molecule is Cc1nc2ncsc2cc1C#N. The second-order valence-corrected chi connectivity index (χ2v) is 3.29. The molecule has 12 heavy (non-hydrogen) atoms. The van der Waals surface area contributed by atoms with E-state index in [2.05, 4.69) is 16.0 Å². The lowest BCUT2D eigenvalue weighted by atomic mass is 10.2. The van der Waals surface area contributed by atoms with Gasteiger partial charge in [-0.15, -0.1) is 11.3 Å². The number of thiazole rings is 1. The molecule has 0 saturated carbocycles. The molecule has 0 unspecified atom stereocenters. The van der Waals surface area contributed by atoms with E-state index in [0.29, 0.717) is 5.56 Å². The van der Waals surface area contributed by atoms with Gasteiger partial charge >= 0.3 is 0 Å². The maximum Gasteiger partial charge on any atom is 0.170 e. The predicted octanol–water partition coefficient (Wildman–Crippen LogP) is 1.87. The fourth-order valence-electron chi connectivity index (χ4n) is 1.000. The van der Waals surface area contributed by atoms with Gasteiger partial charge in [-0.25, -0.2) is 9.97 Å². The molecule has 58 valence electrons. The van der Waals surface area contributed by atoms with Gasteiger partial charge in [0.25, 0.3) is 0 Å². The summed E-state index contributed by atoms with van der Waals surface area (Å²) in [6.07, 6.45) is 0. The molecule has 0 aliphatic rings. The Morgan fingerprint density at radius 2 is 2.42 bits per heavy atom. The molecule has 4 heteroatoms. The number of aromatic nitrogens is 2. The molecule has 0 aromatic carbocycles. The highest BCUT2D eigenvalue weighted by molar-refractivity contribution is 7.16. The molecule has 2 aromatic rings. The van der Waals surface area contributed by atoms with Gasteiger partial charge < -0.3 is 0 Å². The third-order valence-corrected chi connectivity index (χ3v) is 2.40. The molecular formula is C8H5N3S. The number of hydrogen-bond donors (Lipinski definition) is 0. The van der Waals surface area contributed by atoms with Crippen LogP contribution in [0.5, 0.6) is 0 Å². The van der Waals surface area contributed by atoms with Crippen molar-refractivity contribution >= 4 is 21.7 Å². The summed E-state index contributed by atoms with van der Waals surface area (Å²) in [5.41, 5.74) is 3.84. The fourth-order valence-corrected chi connectivity index (χ4v) is 1.66. The molecular weight excluding hydrogens is 170 g/mol. The van der Waals surface area contributed by atoms with E-state index in [9.17, 15) is 0 Å². The van der Waals surface area contributed by atoms with E-state index < -0.39 is 0 Å². The largest absolute Gasteiger partial charge is 0.231 e. The van der Waals surface area contributed by atoms with Crippen molar-refractivity contribution in [2.24, 2.45) is 0 Å². The van der Waals surface area contributed by atoms with Gasteiger partial charge in [-0.1, -0.05) is 0 Å². The molecule has 0 bridgehead atoms. The van der Waals surface area contributed by atoms with Crippen LogP contribution < -0.4 is 0 Å². The minimum atomic E-state index is 0.631. The normalized spacial score (nSPS) is 10.0. The van der Waals surface area contributed by atoms with Gasteiger partial charge in [0.15, 0.2) is 5.65 Å². The first-order valence-corrected chi connectivity index (χ1v) is 4.30. The number of nitrogens with zero attached hydrogens (tertiary/aromatic N) is 3. The van der Waals surface area contributed by atoms with Crippen LogP contribution >= 0.6 is 11.3 Å². The van der Waals surface area contributed by atoms with Crippen molar-refractivity contribution < 1.29 is 0 Å². The number of fused-ring (bicyclic) bond motifs is 1. The first-order chi connectivity index (χ1) is 5.81. The Morgan fingerprint density at radius 1 is 1.58 bits per heavy atom. The number of aryl methyl sites for hydroxylation is 1. The molecule has 0 atom stereocenters. The van der Waals surface area contributed by atoms with Gasteiger partial charge in [-0.05, 0) is 13.0 Å². The van der Waals surface area contributed by atoms with Crippen LogP contribution in [-0.2, 0) is 0 Å². The first-order valence-electron chi connectivity index (χ1n) is 3.42. The van der Waals surface area contributed by atoms with Crippen molar-refractivity contribution in [3.8, 4) is 6.07 Å². The highest BCUT2D eigenvalue weighted by atomic mass is 32.1. The average Bonchev–Trinajstić information content (AvgIpc) is 2.49. The second kappa shape index (κ2) is 2.54. The van der Waals surface area contributed by atoms with Crippen LogP contribution in [0.4, 0.5) is 0 Å². The van der Waals surface area contributed by atoms with E-state index in [-0.39, 0.29) is 0 Å². The minimum Gasteiger partial charge on any atom is -0.231 e. The van der Waals surface area contributed by atoms with Crippen LogP contribution in [0.15, 0.2) is 11.6 Å². The Kier molecular flexibility index (Phi) is 1.52. The monoisotopic (exact) mass is 175 g/mol. The van der Waals surface area contributed by atoms with E-state index in [1.165, 1.54) is 11.3 Å². The lowest BCUT2D eigenvalue weighted by molar-refractivity contribution is 1.20. The standard InChI is InChI=1S/C8H5N3S/c1-5-6(3-9)2-7-8(11-5)10-4-12-7/h2,4H,1H3. The van der Waals surface area contributed by atoms with E-state index >= 15 is 0 Å². The molecule has 2 aromatic heterocycles. The number of nitriles is 1. The molecule has 0 amide bonds. The lowest BCUT2D eigenvalue weighted by Crippen LogP contribution is -1.87. The van der Waals surface area contributed by atoms with E-state index in [1.807, 2.05) is 13.0 Å². The molecule has 0 aliphatic heterocycles. The molecule has 0 aliphatic carbocycles. The highest BCUT2D eigenvalue weighted by Gasteiger charge is 2.03. The highest BCUT2D eigenvalue weighted by Crippen LogP contribution is 2.18. The molecule has 3 nitrogen and oxygen atoms in total. The maximum atomic E-state index is 8.71. The van der Waals surface area contributed by atoms with Crippen LogP contribution in [0.2, 0.25) is 0 Å². The van der Waals surface area contributed by atoms with Gasteiger partial charge in [-0.3, -0.25) is 0 Å². The number of rotatable bonds is 0. The van der Waals surface area contributed by atoms with Gasteiger partial charge in [0.05, 0.1) is 21.5 Å². The van der Waals surface area contributed by atoms with Gasteiger partial charge in [0, 0.05) is 0 Å². The molecule has 0 fully saturated rings. The van der Waals surface area contributed by atoms with Crippen LogP contribution in [0, 0.1) is 18.3 Å². The third-order valence-electron chi connectivity index (χ3n) is 1.63. The fraction of sp³-hybridized carbons (Fsp3) is 0.125. The van der Waals surface area contributed by atoms with Crippen LogP contribution in [0.25, 0.3) is 10.3 Å². The summed E-state index contributed by atoms with van der Waals surface area (Å²) in [6.45, 7) is 1.82. The van der Waals surface area contributed by atoms with E-state index in [0.717, 1.165) is 16.0 Å². The Bertz CT molecular complexity index is 467. The summed E-state index contributed by atoms with van der Waals surface area (Å²) in [7, 11) is 0. The molecule has 2 rings (SSSR count). The van der Waals surface area contributed by atoms with Crippen molar-refractivity contribution in [2.45, 2.75) is 6.92 Å². The Labute approximate surface area is 73.3 Å². The molecule has 0 N–H and O–H groups in total. The van der Waals surface area contributed by atoms with Gasteiger partial charge in [-0.2, -0.15) is 5.26 Å². The van der Waals surface area contributed by atoms with Crippen LogP contribution in [0.1, 0.15) is 11.3 Å². The van der Waals surface area contributed by atoms with Crippen LogP contribution in [-0.4, -0.2) is 9.97 Å².